The normalized spacial score (nSPS) is 11.1. The van der Waals surface area contributed by atoms with E-state index in [2.05, 4.69) is 44.0 Å². The van der Waals surface area contributed by atoms with E-state index < -0.39 is 0 Å². The molecule has 0 amide bonds. The molecule has 4 heteroatoms. The molecule has 1 N–H and O–H groups in total. The molecule has 0 saturated carbocycles. The van der Waals surface area contributed by atoms with Crippen LogP contribution >= 0.6 is 31.9 Å². The fraction of sp³-hybridized carbons (Fsp3) is 0.0667. The van der Waals surface area contributed by atoms with Crippen molar-refractivity contribution in [2.45, 2.75) is 6.42 Å². The molecule has 0 fully saturated rings. The molecular formula is C15H10Br2O2. The first-order chi connectivity index (χ1) is 9.15. The summed E-state index contributed by atoms with van der Waals surface area (Å²) in [6.07, 6.45) is 0.731. The molecule has 2 aromatic carbocycles. The van der Waals surface area contributed by atoms with E-state index in [1.807, 2.05) is 24.3 Å². The number of rotatable bonds is 2. The lowest BCUT2D eigenvalue weighted by atomic mass is 10.1. The summed E-state index contributed by atoms with van der Waals surface area (Å²) in [6, 6.07) is 13.7. The predicted octanol–water partition coefficient (Wildman–Crippen LogP) is 5.25. The van der Waals surface area contributed by atoms with Crippen LogP contribution in [0, 0.1) is 0 Å². The second-order valence-electron chi connectivity index (χ2n) is 4.31. The third kappa shape index (κ3) is 2.42. The second-order valence-corrected chi connectivity index (χ2v) is 5.96. The van der Waals surface area contributed by atoms with E-state index in [0.717, 1.165) is 27.6 Å². The van der Waals surface area contributed by atoms with E-state index in [4.69, 9.17) is 4.42 Å². The summed E-state index contributed by atoms with van der Waals surface area (Å²) in [4.78, 5) is 0. The van der Waals surface area contributed by atoms with Crippen LogP contribution < -0.4 is 0 Å². The van der Waals surface area contributed by atoms with Gasteiger partial charge in [0.05, 0.1) is 8.95 Å². The van der Waals surface area contributed by atoms with Crippen molar-refractivity contribution in [3.8, 4) is 5.75 Å². The van der Waals surface area contributed by atoms with E-state index in [1.165, 1.54) is 5.56 Å². The number of hydrogen-bond acceptors (Lipinski definition) is 2. The molecule has 0 aliphatic heterocycles. The minimum Gasteiger partial charge on any atom is -0.507 e. The van der Waals surface area contributed by atoms with Crippen LogP contribution in [0.1, 0.15) is 11.3 Å². The molecule has 1 aromatic heterocycles. The van der Waals surface area contributed by atoms with Crippen molar-refractivity contribution in [2.75, 3.05) is 0 Å². The van der Waals surface area contributed by atoms with Crippen LogP contribution in [0.15, 0.2) is 55.8 Å². The fourth-order valence-electron chi connectivity index (χ4n) is 2.05. The van der Waals surface area contributed by atoms with E-state index in [9.17, 15) is 5.11 Å². The zero-order valence-electron chi connectivity index (χ0n) is 9.86. The molecule has 0 aliphatic rings. The lowest BCUT2D eigenvalue weighted by Crippen LogP contribution is -1.83. The lowest BCUT2D eigenvalue weighted by molar-refractivity contribution is 0.472. The molecule has 0 aliphatic carbocycles. The van der Waals surface area contributed by atoms with E-state index in [1.54, 1.807) is 6.07 Å². The molecule has 0 unspecified atom stereocenters. The van der Waals surface area contributed by atoms with Gasteiger partial charge in [-0.15, -0.1) is 0 Å². The number of phenolic OH excluding ortho intramolecular Hbond substituents is 1. The Morgan fingerprint density at radius 3 is 2.53 bits per heavy atom. The van der Waals surface area contributed by atoms with Gasteiger partial charge in [0.15, 0.2) is 0 Å². The lowest BCUT2D eigenvalue weighted by Gasteiger charge is -1.99. The SMILES string of the molecule is Oc1cc(Br)c2oc(Cc3ccccc3)cc2c1Br. The van der Waals surface area contributed by atoms with Crippen LogP contribution in [0.5, 0.6) is 5.75 Å². The molecule has 0 radical (unpaired) electrons. The van der Waals surface area contributed by atoms with Gasteiger partial charge in [0, 0.05) is 11.8 Å². The standard InChI is InChI=1S/C15H10Br2O2/c16-12-8-13(18)14(17)11-7-10(19-15(11)12)6-9-4-2-1-3-5-9/h1-5,7-8,18H,6H2. The first-order valence-corrected chi connectivity index (χ1v) is 7.37. The molecule has 1 heterocycles. The van der Waals surface area contributed by atoms with Crippen molar-refractivity contribution in [1.82, 2.24) is 0 Å². The first-order valence-electron chi connectivity index (χ1n) is 5.78. The average molecular weight is 382 g/mol. The summed E-state index contributed by atoms with van der Waals surface area (Å²) >= 11 is 6.79. The smallest absolute Gasteiger partial charge is 0.149 e. The van der Waals surface area contributed by atoms with Gasteiger partial charge in [-0.25, -0.2) is 0 Å². The maximum atomic E-state index is 9.78. The van der Waals surface area contributed by atoms with Crippen LogP contribution in [0.25, 0.3) is 11.0 Å². The third-order valence-electron chi connectivity index (χ3n) is 2.95. The van der Waals surface area contributed by atoms with Gasteiger partial charge in [0.1, 0.15) is 17.1 Å². The van der Waals surface area contributed by atoms with Gasteiger partial charge in [0.2, 0.25) is 0 Å². The topological polar surface area (TPSA) is 33.4 Å². The molecule has 2 nitrogen and oxygen atoms in total. The third-order valence-corrected chi connectivity index (χ3v) is 4.37. The van der Waals surface area contributed by atoms with Gasteiger partial charge >= 0.3 is 0 Å². The Labute approximate surface area is 127 Å². The summed E-state index contributed by atoms with van der Waals surface area (Å²) in [7, 11) is 0. The summed E-state index contributed by atoms with van der Waals surface area (Å²) in [5.41, 5.74) is 1.94. The minimum atomic E-state index is 0.200. The molecule has 0 bridgehead atoms. The quantitative estimate of drug-likeness (QED) is 0.657. The predicted molar refractivity (Wildman–Crippen MR) is 82.5 cm³/mol. The van der Waals surface area contributed by atoms with Crippen molar-refractivity contribution in [1.29, 1.82) is 0 Å². The van der Waals surface area contributed by atoms with Gasteiger partial charge in [-0.05, 0) is 49.6 Å². The highest BCUT2D eigenvalue weighted by atomic mass is 79.9. The van der Waals surface area contributed by atoms with E-state index >= 15 is 0 Å². The first kappa shape index (κ1) is 12.8. The van der Waals surface area contributed by atoms with Crippen molar-refractivity contribution >= 4 is 42.8 Å². The molecule has 3 aromatic rings. The summed E-state index contributed by atoms with van der Waals surface area (Å²) in [5, 5.41) is 10.7. The van der Waals surface area contributed by atoms with Crippen LogP contribution in [-0.4, -0.2) is 5.11 Å². The highest BCUT2D eigenvalue weighted by Crippen LogP contribution is 2.39. The zero-order valence-corrected chi connectivity index (χ0v) is 13.0. The second kappa shape index (κ2) is 5.02. The summed E-state index contributed by atoms with van der Waals surface area (Å²) in [6.45, 7) is 0. The van der Waals surface area contributed by atoms with Crippen molar-refractivity contribution in [2.24, 2.45) is 0 Å². The minimum absolute atomic E-state index is 0.200. The monoisotopic (exact) mass is 380 g/mol. The van der Waals surface area contributed by atoms with Crippen molar-refractivity contribution in [3.05, 3.63) is 62.7 Å². The summed E-state index contributed by atoms with van der Waals surface area (Å²) < 4.78 is 7.26. The molecular weight excluding hydrogens is 372 g/mol. The van der Waals surface area contributed by atoms with Gasteiger partial charge in [-0.3, -0.25) is 0 Å². The Kier molecular flexibility index (Phi) is 3.37. The number of aromatic hydroxyl groups is 1. The molecule has 0 spiro atoms. The largest absolute Gasteiger partial charge is 0.507 e. The number of fused-ring (bicyclic) bond motifs is 1. The number of hydrogen-bond donors (Lipinski definition) is 1. The average Bonchev–Trinajstić information content (AvgIpc) is 2.82. The van der Waals surface area contributed by atoms with Crippen molar-refractivity contribution < 1.29 is 9.52 Å². The fourth-order valence-corrected chi connectivity index (χ4v) is 2.97. The van der Waals surface area contributed by atoms with Crippen molar-refractivity contribution in [3.63, 3.8) is 0 Å². The van der Waals surface area contributed by atoms with Crippen LogP contribution in [0.2, 0.25) is 0 Å². The number of furan rings is 1. The number of benzene rings is 2. The van der Waals surface area contributed by atoms with Gasteiger partial charge in [-0.2, -0.15) is 0 Å². The van der Waals surface area contributed by atoms with E-state index in [-0.39, 0.29) is 5.75 Å². The zero-order chi connectivity index (χ0) is 13.4. The Morgan fingerprint density at radius 1 is 1.05 bits per heavy atom. The molecule has 0 atom stereocenters. The molecule has 3 rings (SSSR count). The summed E-state index contributed by atoms with van der Waals surface area (Å²) in [5.74, 6) is 1.07. The molecule has 0 saturated heterocycles. The Hall–Kier alpha value is -1.26. The van der Waals surface area contributed by atoms with Crippen LogP contribution in [-0.2, 0) is 6.42 Å². The molecule has 19 heavy (non-hydrogen) atoms. The van der Waals surface area contributed by atoms with Gasteiger partial charge < -0.3 is 9.52 Å². The maximum absolute atomic E-state index is 9.78. The maximum Gasteiger partial charge on any atom is 0.149 e. The van der Waals surface area contributed by atoms with Gasteiger partial charge in [-0.1, -0.05) is 30.3 Å². The van der Waals surface area contributed by atoms with Crippen LogP contribution in [0.4, 0.5) is 0 Å². The van der Waals surface area contributed by atoms with E-state index in [0.29, 0.717) is 4.47 Å². The Bertz CT molecular complexity index is 733. The highest BCUT2D eigenvalue weighted by molar-refractivity contribution is 9.11. The number of halogens is 2. The molecule has 96 valence electrons. The number of phenols is 1. The Balaban J connectivity index is 2.07. The van der Waals surface area contributed by atoms with Gasteiger partial charge in [0.25, 0.3) is 0 Å². The Morgan fingerprint density at radius 2 is 1.79 bits per heavy atom. The van der Waals surface area contributed by atoms with Crippen LogP contribution in [0.3, 0.4) is 0 Å². The highest BCUT2D eigenvalue weighted by Gasteiger charge is 2.14.